The van der Waals surface area contributed by atoms with Crippen molar-refractivity contribution in [3.8, 4) is 0 Å². The van der Waals surface area contributed by atoms with E-state index in [4.69, 9.17) is 0 Å². The number of hydrogen-bond donors (Lipinski definition) is 1. The quantitative estimate of drug-likeness (QED) is 0.261. The van der Waals surface area contributed by atoms with E-state index in [-0.39, 0.29) is 41.0 Å². The second kappa shape index (κ2) is 12.6. The zero-order valence-corrected chi connectivity index (χ0v) is 27.4. The van der Waals surface area contributed by atoms with E-state index in [9.17, 15) is 19.5 Å². The van der Waals surface area contributed by atoms with E-state index in [1.54, 1.807) is 38.6 Å². The van der Waals surface area contributed by atoms with Crippen LogP contribution < -0.4 is 9.80 Å². The third-order valence-electron chi connectivity index (χ3n) is 9.20. The maximum absolute atomic E-state index is 14.9. The van der Waals surface area contributed by atoms with Crippen LogP contribution in [0.4, 0.5) is 11.4 Å². The van der Waals surface area contributed by atoms with Gasteiger partial charge in [-0.25, -0.2) is 0 Å². The summed E-state index contributed by atoms with van der Waals surface area (Å²) in [4.78, 5) is 49.0. The van der Waals surface area contributed by atoms with E-state index in [0.717, 1.165) is 22.5 Å². The number of nitrogens with zero attached hydrogens (tertiary/aromatic N) is 3. The minimum Gasteiger partial charge on any atom is -0.394 e. The number of aliphatic hydroxyl groups excluding tert-OH is 1. The first-order valence-electron chi connectivity index (χ1n) is 14.9. The Hall–Kier alpha value is -2.88. The van der Waals surface area contributed by atoms with Gasteiger partial charge in [-0.2, -0.15) is 0 Å². The highest BCUT2D eigenvalue weighted by Crippen LogP contribution is 2.68. The highest BCUT2D eigenvalue weighted by atomic mass is 79.9. The van der Waals surface area contributed by atoms with Gasteiger partial charge in [-0.15, -0.1) is 24.9 Å². The Bertz CT molecular complexity index is 1420. The normalized spacial score (nSPS) is 28.0. The second-order valence-electron chi connectivity index (χ2n) is 11.8. The van der Waals surface area contributed by atoms with Gasteiger partial charge in [0.05, 0.1) is 29.2 Å². The zero-order valence-electron chi connectivity index (χ0n) is 25.0. The average molecular weight is 667 g/mol. The minimum absolute atomic E-state index is 0.0603. The number of aryl methyl sites for hydroxylation is 2. The van der Waals surface area contributed by atoms with Gasteiger partial charge < -0.3 is 19.8 Å². The van der Waals surface area contributed by atoms with Crippen LogP contribution in [0.3, 0.4) is 0 Å². The van der Waals surface area contributed by atoms with Crippen molar-refractivity contribution in [2.45, 2.75) is 60.5 Å². The number of fused-ring (bicyclic) bond motifs is 1. The van der Waals surface area contributed by atoms with Crippen LogP contribution in [0, 0.1) is 25.7 Å². The molecule has 2 aromatic rings. The topological polar surface area (TPSA) is 81.2 Å². The van der Waals surface area contributed by atoms with E-state index >= 15 is 0 Å². The molecule has 3 saturated heterocycles. The van der Waals surface area contributed by atoms with Crippen molar-refractivity contribution < 1.29 is 19.5 Å². The third kappa shape index (κ3) is 5.17. The van der Waals surface area contributed by atoms with Crippen molar-refractivity contribution in [1.29, 1.82) is 0 Å². The summed E-state index contributed by atoms with van der Waals surface area (Å²) >= 11 is 5.48. The number of hydrogen-bond acceptors (Lipinski definition) is 5. The molecule has 1 N–H and O–H groups in total. The number of benzene rings is 2. The van der Waals surface area contributed by atoms with Crippen molar-refractivity contribution in [3.05, 3.63) is 85.0 Å². The third-order valence-corrected chi connectivity index (χ3v) is 12.4. The van der Waals surface area contributed by atoms with Crippen molar-refractivity contribution in [2.24, 2.45) is 11.8 Å². The number of rotatable bonds is 11. The number of halogens is 1. The van der Waals surface area contributed by atoms with Crippen molar-refractivity contribution in [3.63, 3.8) is 0 Å². The lowest BCUT2D eigenvalue weighted by Gasteiger charge is -2.40. The first kappa shape index (κ1) is 31.5. The molecule has 7 atom stereocenters. The predicted molar refractivity (Wildman–Crippen MR) is 178 cm³/mol. The molecule has 3 heterocycles. The molecule has 9 heteroatoms. The fraction of sp³-hybridized carbons (Fsp3) is 0.441. The molecule has 3 unspecified atom stereocenters. The summed E-state index contributed by atoms with van der Waals surface area (Å²) in [6, 6.07) is 14.0. The summed E-state index contributed by atoms with van der Waals surface area (Å²) in [6.45, 7) is 14.0. The number of thioether (sulfide) groups is 1. The second-order valence-corrected chi connectivity index (χ2v) is 14.5. The Morgan fingerprint density at radius 1 is 1.12 bits per heavy atom. The van der Waals surface area contributed by atoms with Crippen LogP contribution in [0.15, 0.2) is 73.8 Å². The monoisotopic (exact) mass is 665 g/mol. The summed E-state index contributed by atoms with van der Waals surface area (Å²) < 4.78 is -0.830. The lowest BCUT2D eigenvalue weighted by Crippen LogP contribution is -2.58. The number of para-hydroxylation sites is 1. The maximum atomic E-state index is 14.9. The molecule has 1 spiro atoms. The molecule has 0 saturated carbocycles. The fourth-order valence-electron chi connectivity index (χ4n) is 7.27. The first-order valence-corrected chi connectivity index (χ1v) is 16.7. The lowest BCUT2D eigenvalue weighted by molar-refractivity contribution is -0.141. The van der Waals surface area contributed by atoms with Crippen LogP contribution in [-0.2, 0) is 14.4 Å². The number of anilines is 2. The SMILES string of the molecule is C=CCN(C(=O)[C@H]1[C@H]2C(=O)N([C@@H](CC)CO)C(C(=O)N(CC=C)c3cc(C)ccc3C)C23CC(Br)[C@@H]1S3)c1ccccc1. The standard InChI is InChI=1S/C34H40BrN3O4S/c1-6-16-36(24-12-10-9-11-13-24)31(40)27-28-32(41)38(23(8-3)20-39)30(34(28)19-25(35)29(27)43-34)33(42)37(17-7-2)26-18-21(4)14-15-22(26)5/h6-7,9-15,18,23,25,27-30,39H,1-2,8,16-17,19-20H2,3-5H3/t23-,25?,27-,28-,29-,30?,34?/m0/s1. The number of alkyl halides is 1. The van der Waals surface area contributed by atoms with E-state index in [0.29, 0.717) is 19.4 Å². The van der Waals surface area contributed by atoms with E-state index in [1.807, 2.05) is 69.3 Å². The van der Waals surface area contributed by atoms with Gasteiger partial charge in [0, 0.05) is 34.5 Å². The van der Waals surface area contributed by atoms with Crippen molar-refractivity contribution >= 4 is 56.8 Å². The number of carbonyl (C=O) groups excluding carboxylic acids is 3. The molecule has 228 valence electrons. The van der Waals surface area contributed by atoms with Gasteiger partial charge in [-0.05, 0) is 56.0 Å². The van der Waals surface area contributed by atoms with Gasteiger partial charge in [0.15, 0.2) is 0 Å². The largest absolute Gasteiger partial charge is 0.394 e. The molecule has 3 fully saturated rings. The maximum Gasteiger partial charge on any atom is 0.251 e. The number of amides is 3. The summed E-state index contributed by atoms with van der Waals surface area (Å²) in [5, 5.41) is 10.3. The van der Waals surface area contributed by atoms with Gasteiger partial charge in [0.2, 0.25) is 11.8 Å². The van der Waals surface area contributed by atoms with Gasteiger partial charge in [0.1, 0.15) is 6.04 Å². The smallest absolute Gasteiger partial charge is 0.251 e. The highest BCUT2D eigenvalue weighted by molar-refractivity contribution is 9.09. The summed E-state index contributed by atoms with van der Waals surface area (Å²) in [5.41, 5.74) is 3.48. The Kier molecular flexibility index (Phi) is 9.26. The zero-order chi connectivity index (χ0) is 31.1. The Morgan fingerprint density at radius 2 is 1.79 bits per heavy atom. The molecular weight excluding hydrogens is 626 g/mol. The van der Waals surface area contributed by atoms with Gasteiger partial charge >= 0.3 is 0 Å². The van der Waals surface area contributed by atoms with Gasteiger partial charge in [-0.3, -0.25) is 14.4 Å². The van der Waals surface area contributed by atoms with E-state index in [1.165, 1.54) is 0 Å². The Balaban J connectivity index is 1.63. The van der Waals surface area contributed by atoms with Crippen LogP contribution in [-0.4, -0.2) is 74.3 Å². The van der Waals surface area contributed by atoms with Crippen LogP contribution in [0.5, 0.6) is 0 Å². The molecule has 2 bridgehead atoms. The highest BCUT2D eigenvalue weighted by Gasteiger charge is 2.76. The minimum atomic E-state index is -0.848. The number of carbonyl (C=O) groups is 3. The lowest BCUT2D eigenvalue weighted by atomic mass is 9.70. The van der Waals surface area contributed by atoms with Crippen LogP contribution in [0.25, 0.3) is 0 Å². The summed E-state index contributed by atoms with van der Waals surface area (Å²) in [5.74, 6) is -1.91. The molecule has 2 aromatic carbocycles. The van der Waals surface area contributed by atoms with Gasteiger partial charge in [-0.1, -0.05) is 65.3 Å². The van der Waals surface area contributed by atoms with Crippen LogP contribution >= 0.6 is 27.7 Å². The molecule has 3 amide bonds. The molecule has 43 heavy (non-hydrogen) atoms. The molecule has 3 aliphatic rings. The van der Waals surface area contributed by atoms with E-state index < -0.39 is 28.7 Å². The van der Waals surface area contributed by atoms with Gasteiger partial charge in [0.25, 0.3) is 5.91 Å². The first-order chi connectivity index (χ1) is 20.6. The van der Waals surface area contributed by atoms with Crippen LogP contribution in [0.1, 0.15) is 30.9 Å². The molecular formula is C34H40BrN3O4S. The Labute approximate surface area is 267 Å². The summed E-state index contributed by atoms with van der Waals surface area (Å²) in [7, 11) is 0. The molecule has 7 nitrogen and oxygen atoms in total. The van der Waals surface area contributed by atoms with Crippen molar-refractivity contribution in [2.75, 3.05) is 29.5 Å². The number of aliphatic hydroxyl groups is 1. The molecule has 0 aromatic heterocycles. The number of likely N-dealkylation sites (tertiary alicyclic amines) is 1. The Morgan fingerprint density at radius 3 is 2.42 bits per heavy atom. The predicted octanol–water partition coefficient (Wildman–Crippen LogP) is 5.28. The fourth-order valence-corrected chi connectivity index (χ4v) is 10.9. The summed E-state index contributed by atoms with van der Waals surface area (Å²) in [6.07, 6.45) is 4.44. The van der Waals surface area contributed by atoms with Crippen LogP contribution in [0.2, 0.25) is 0 Å². The van der Waals surface area contributed by atoms with Crippen molar-refractivity contribution in [1.82, 2.24) is 4.90 Å². The molecule has 5 rings (SSSR count). The molecule has 0 radical (unpaired) electrons. The molecule has 0 aliphatic carbocycles. The average Bonchev–Trinajstić information content (AvgIpc) is 3.60. The van der Waals surface area contributed by atoms with E-state index in [2.05, 4.69) is 29.1 Å². The molecule has 3 aliphatic heterocycles.